The predicted molar refractivity (Wildman–Crippen MR) is 148 cm³/mol. The molecule has 3 heterocycles. The average Bonchev–Trinajstić information content (AvgIpc) is 3.22. The van der Waals surface area contributed by atoms with Gasteiger partial charge in [0.15, 0.2) is 11.6 Å². The fourth-order valence-corrected chi connectivity index (χ4v) is 6.50. The topological polar surface area (TPSA) is 126 Å². The van der Waals surface area contributed by atoms with Crippen molar-refractivity contribution in [3.8, 4) is 5.75 Å². The average molecular weight is 562 g/mol. The highest BCUT2D eigenvalue weighted by Gasteiger charge is 2.59. The van der Waals surface area contributed by atoms with Crippen molar-refractivity contribution in [2.24, 2.45) is 17.8 Å². The van der Waals surface area contributed by atoms with Gasteiger partial charge < -0.3 is 19.5 Å². The molecule has 214 valence electrons. The quantitative estimate of drug-likeness (QED) is 0.285. The number of hydrogen-bond donors (Lipinski definition) is 2. The Morgan fingerprint density at radius 1 is 1.24 bits per heavy atom. The Kier molecular flexibility index (Phi) is 8.37. The molecule has 2 aromatic rings. The second kappa shape index (κ2) is 12.0. The van der Waals surface area contributed by atoms with Crippen LogP contribution < -0.4 is 0 Å². The van der Waals surface area contributed by atoms with E-state index in [1.165, 1.54) is 12.1 Å². The number of carbonyl (C=O) groups excluding carboxylic acids is 3. The summed E-state index contributed by atoms with van der Waals surface area (Å²) in [7, 11) is -0.0243. The van der Waals surface area contributed by atoms with E-state index >= 15 is 0 Å². The van der Waals surface area contributed by atoms with Gasteiger partial charge >= 0.3 is 13.2 Å². The summed E-state index contributed by atoms with van der Waals surface area (Å²) in [5, 5.41) is 20.4. The lowest BCUT2D eigenvalue weighted by atomic mass is 9.58. The number of nitrogens with zero attached hydrogens (tertiary/aromatic N) is 2. The van der Waals surface area contributed by atoms with E-state index in [9.17, 15) is 28.9 Å². The number of halogens is 1. The zero-order chi connectivity index (χ0) is 29.3. The van der Waals surface area contributed by atoms with Crippen LogP contribution in [0.1, 0.15) is 50.3 Å². The van der Waals surface area contributed by atoms with Crippen LogP contribution in [-0.2, 0) is 19.0 Å². The third kappa shape index (κ3) is 5.56. The molecule has 1 aromatic heterocycles. The number of ether oxygens (including phenoxy) is 1. The maximum absolute atomic E-state index is 14.1. The Hall–Kier alpha value is -3.83. The maximum atomic E-state index is 14.1. The molecule has 0 unspecified atom stereocenters. The van der Waals surface area contributed by atoms with Crippen LogP contribution in [0.4, 0.5) is 9.18 Å². The van der Waals surface area contributed by atoms with Gasteiger partial charge in [-0.25, -0.2) is 9.18 Å². The number of amides is 3. The van der Waals surface area contributed by atoms with Crippen LogP contribution in [-0.4, -0.2) is 58.3 Å². The van der Waals surface area contributed by atoms with Crippen molar-refractivity contribution in [3.05, 3.63) is 70.8 Å². The second-order valence-corrected chi connectivity index (χ2v) is 10.7. The molecule has 2 N–H and O–H groups in total. The summed E-state index contributed by atoms with van der Waals surface area (Å²) in [5.74, 6) is -4.24. The van der Waals surface area contributed by atoms with Crippen LogP contribution in [0.15, 0.2) is 53.7 Å². The number of rotatable bonds is 7. The van der Waals surface area contributed by atoms with Gasteiger partial charge in [0, 0.05) is 6.20 Å². The van der Waals surface area contributed by atoms with E-state index in [-0.39, 0.29) is 6.32 Å². The van der Waals surface area contributed by atoms with E-state index in [4.69, 9.17) is 9.39 Å². The number of phenolic OH excluding ortho intramolecular Hbond substituents is 1. The molecule has 0 spiro atoms. The van der Waals surface area contributed by atoms with Crippen molar-refractivity contribution in [2.75, 3.05) is 7.11 Å². The highest BCUT2D eigenvalue weighted by Crippen LogP contribution is 2.51. The minimum atomic E-state index is -1.15. The number of imide groups is 3. The Morgan fingerprint density at radius 3 is 2.73 bits per heavy atom. The fraction of sp³-hybridized carbons (Fsp3) is 0.400. The number of carbonyl (C=O) groups is 3. The molecule has 2 fully saturated rings. The SMILES string of the molecule is CCCC1=C2[C@@H](CC/C(=C/c3ccc(O)c(F)c3)c3ccccn3)OB(O)C[C@@H]2[C@@H]2C(=O)N(C(=O)OC)C(=O)[C@@H]2C1. The molecule has 0 bridgehead atoms. The van der Waals surface area contributed by atoms with Crippen molar-refractivity contribution in [1.29, 1.82) is 0 Å². The molecule has 41 heavy (non-hydrogen) atoms. The van der Waals surface area contributed by atoms with Crippen molar-refractivity contribution in [2.45, 2.75) is 51.5 Å². The van der Waals surface area contributed by atoms with Crippen molar-refractivity contribution >= 4 is 36.7 Å². The van der Waals surface area contributed by atoms with Gasteiger partial charge in [-0.15, -0.1) is 0 Å². The van der Waals surface area contributed by atoms with Gasteiger partial charge in [0.1, 0.15) is 0 Å². The lowest BCUT2D eigenvalue weighted by Gasteiger charge is -2.43. The molecule has 1 aromatic carbocycles. The van der Waals surface area contributed by atoms with Crippen LogP contribution in [0.3, 0.4) is 0 Å². The van der Waals surface area contributed by atoms with Crippen molar-refractivity contribution < 1.29 is 38.3 Å². The molecule has 2 saturated heterocycles. The molecule has 0 saturated carbocycles. The number of hydrogen-bond acceptors (Lipinski definition) is 8. The first-order valence-corrected chi connectivity index (χ1v) is 13.8. The number of phenols is 1. The number of likely N-dealkylation sites (tertiary alicyclic amines) is 1. The summed E-state index contributed by atoms with van der Waals surface area (Å²) >= 11 is 0. The molecule has 4 atom stereocenters. The second-order valence-electron chi connectivity index (χ2n) is 10.7. The first-order valence-electron chi connectivity index (χ1n) is 13.8. The zero-order valence-electron chi connectivity index (χ0n) is 23.0. The Morgan fingerprint density at radius 2 is 2.05 bits per heavy atom. The van der Waals surface area contributed by atoms with Crippen LogP contribution in [0, 0.1) is 23.6 Å². The number of fused-ring (bicyclic) bond motifs is 3. The Labute approximate surface area is 237 Å². The summed E-state index contributed by atoms with van der Waals surface area (Å²) in [4.78, 5) is 43.9. The van der Waals surface area contributed by atoms with Crippen molar-refractivity contribution in [3.63, 3.8) is 0 Å². The first kappa shape index (κ1) is 28.7. The lowest BCUT2D eigenvalue weighted by molar-refractivity contribution is -0.137. The monoisotopic (exact) mass is 562 g/mol. The number of pyridine rings is 1. The standard InChI is InChI=1S/C30H32BFN2O7/c1-3-6-19-15-20-27(29(37)34(28(20)36)30(38)40-2)21-16-31(39)41-25(26(19)21)11-9-18(23-7-4-5-12-33-23)13-17-8-10-24(35)22(32)14-17/h4-5,7-8,10,12-14,20-21,25,27,35,39H,3,6,9,11,15-16H2,1-2H3/b18-13-/t20-,21+,25-,27-/m1/s1. The Bertz CT molecular complexity index is 1410. The molecular weight excluding hydrogens is 530 g/mol. The van der Waals surface area contributed by atoms with Gasteiger partial charge in [0.25, 0.3) is 0 Å². The summed E-state index contributed by atoms with van der Waals surface area (Å²) in [5.41, 5.74) is 3.97. The van der Waals surface area contributed by atoms with E-state index < -0.39 is 60.5 Å². The molecule has 2 aliphatic heterocycles. The van der Waals surface area contributed by atoms with Crippen LogP contribution >= 0.6 is 0 Å². The summed E-state index contributed by atoms with van der Waals surface area (Å²) in [6, 6.07) is 9.64. The molecule has 3 aliphatic rings. The summed E-state index contributed by atoms with van der Waals surface area (Å²) in [6.45, 7) is 2.03. The van der Waals surface area contributed by atoms with E-state index in [1.54, 1.807) is 24.4 Å². The highest BCUT2D eigenvalue weighted by atomic mass is 19.1. The molecular formula is C30H32BFN2O7. The third-order valence-electron chi connectivity index (χ3n) is 8.20. The molecule has 9 nitrogen and oxygen atoms in total. The smallest absolute Gasteiger partial charge is 0.455 e. The number of benzene rings is 1. The normalized spacial score (nSPS) is 24.4. The van der Waals surface area contributed by atoms with Gasteiger partial charge in [-0.3, -0.25) is 14.6 Å². The molecule has 3 amide bonds. The minimum Gasteiger partial charge on any atom is -0.505 e. The predicted octanol–water partition coefficient (Wildman–Crippen LogP) is 4.61. The number of allylic oxidation sites excluding steroid dienone is 2. The number of aromatic hydroxyl groups is 1. The number of methoxy groups -OCH3 is 1. The van der Waals surface area contributed by atoms with Crippen LogP contribution in [0.25, 0.3) is 11.6 Å². The van der Waals surface area contributed by atoms with Crippen molar-refractivity contribution in [1.82, 2.24) is 9.88 Å². The highest BCUT2D eigenvalue weighted by molar-refractivity contribution is 6.43. The molecule has 1 aliphatic carbocycles. The van der Waals surface area contributed by atoms with Gasteiger partial charge in [-0.2, -0.15) is 4.90 Å². The third-order valence-corrected chi connectivity index (χ3v) is 8.20. The van der Waals surface area contributed by atoms with Crippen LogP contribution in [0.5, 0.6) is 5.75 Å². The molecule has 5 rings (SSSR count). The van der Waals surface area contributed by atoms with Gasteiger partial charge in [-0.05, 0) is 85.0 Å². The van der Waals surface area contributed by atoms with Gasteiger partial charge in [-0.1, -0.05) is 31.1 Å². The largest absolute Gasteiger partial charge is 0.505 e. The van der Waals surface area contributed by atoms with E-state index in [0.29, 0.717) is 41.8 Å². The lowest BCUT2D eigenvalue weighted by Crippen LogP contribution is -2.46. The summed E-state index contributed by atoms with van der Waals surface area (Å²) < 4.78 is 24.9. The van der Waals surface area contributed by atoms with E-state index in [1.807, 2.05) is 19.1 Å². The molecule has 11 heteroatoms. The number of aromatic nitrogens is 1. The van der Waals surface area contributed by atoms with Crippen LogP contribution in [0.2, 0.25) is 6.32 Å². The fourth-order valence-electron chi connectivity index (χ4n) is 6.50. The maximum Gasteiger partial charge on any atom is 0.455 e. The van der Waals surface area contributed by atoms with Gasteiger partial charge in [0.05, 0.1) is 30.7 Å². The summed E-state index contributed by atoms with van der Waals surface area (Å²) in [6.07, 6.45) is 4.80. The van der Waals surface area contributed by atoms with E-state index in [2.05, 4.69) is 4.98 Å². The zero-order valence-corrected chi connectivity index (χ0v) is 23.0. The molecule has 0 radical (unpaired) electrons. The first-order chi connectivity index (χ1) is 19.7. The van der Waals surface area contributed by atoms with Gasteiger partial charge in [0.2, 0.25) is 11.8 Å². The van der Waals surface area contributed by atoms with E-state index in [0.717, 1.165) is 30.2 Å². The Balaban J connectivity index is 1.48. The minimum absolute atomic E-state index is 0.143.